The Hall–Kier alpha value is -2.54. The summed E-state index contributed by atoms with van der Waals surface area (Å²) in [5, 5.41) is 4.04. The van der Waals surface area contributed by atoms with Crippen molar-refractivity contribution in [1.29, 1.82) is 0 Å². The van der Waals surface area contributed by atoms with Crippen molar-refractivity contribution in [3.8, 4) is 5.06 Å². The number of para-hydroxylation sites is 2. The number of rotatable bonds is 6. The van der Waals surface area contributed by atoms with Crippen molar-refractivity contribution in [2.75, 3.05) is 24.6 Å². The number of carbonyl (C=O) groups is 1. The standard InChI is InChI=1S/C20H24N4O2S/c1-3-26-18-9-8-17(27-18)13(2)21-19(25)14-10-11-24(12-14)20-22-15-6-4-5-7-16(15)23-20/h4-9,13-14H,3,10-12H2,1-2H3,(H,21,25)(H,22,23)/t13-,14-/m1/s1. The average Bonchev–Trinajstić information content (AvgIpc) is 3.40. The molecular formula is C20H24N4O2S. The number of H-pyrrole nitrogens is 1. The second-order valence-corrected chi connectivity index (χ2v) is 7.91. The van der Waals surface area contributed by atoms with Gasteiger partial charge in [-0.05, 0) is 44.5 Å². The maximum Gasteiger partial charge on any atom is 0.225 e. The largest absolute Gasteiger partial charge is 0.484 e. The first kappa shape index (κ1) is 17.9. The fraction of sp³-hybridized carbons (Fsp3) is 0.400. The highest BCUT2D eigenvalue weighted by Crippen LogP contribution is 2.30. The first-order valence-electron chi connectivity index (χ1n) is 9.36. The molecule has 0 radical (unpaired) electrons. The van der Waals surface area contributed by atoms with Crippen LogP contribution in [0.15, 0.2) is 36.4 Å². The number of imidazole rings is 1. The van der Waals surface area contributed by atoms with Crippen molar-refractivity contribution in [3.63, 3.8) is 0 Å². The molecule has 2 aromatic heterocycles. The number of ether oxygens (including phenoxy) is 1. The highest BCUT2D eigenvalue weighted by atomic mass is 32.1. The Labute approximate surface area is 162 Å². The van der Waals surface area contributed by atoms with Gasteiger partial charge in [0.05, 0.1) is 29.6 Å². The van der Waals surface area contributed by atoms with E-state index in [0.717, 1.165) is 39.9 Å². The molecule has 3 aromatic rings. The molecule has 3 heterocycles. The van der Waals surface area contributed by atoms with E-state index in [0.29, 0.717) is 13.2 Å². The minimum absolute atomic E-state index is 0.0167. The highest BCUT2D eigenvalue weighted by molar-refractivity contribution is 7.13. The van der Waals surface area contributed by atoms with Crippen LogP contribution in [0.3, 0.4) is 0 Å². The Morgan fingerprint density at radius 2 is 2.26 bits per heavy atom. The lowest BCUT2D eigenvalue weighted by Crippen LogP contribution is -2.34. The van der Waals surface area contributed by atoms with Crippen molar-refractivity contribution >= 4 is 34.2 Å². The number of aromatic amines is 1. The highest BCUT2D eigenvalue weighted by Gasteiger charge is 2.30. The molecule has 0 aliphatic carbocycles. The van der Waals surface area contributed by atoms with Crippen LogP contribution in [0, 0.1) is 5.92 Å². The summed E-state index contributed by atoms with van der Waals surface area (Å²) in [5.41, 5.74) is 1.98. The van der Waals surface area contributed by atoms with Gasteiger partial charge in [0, 0.05) is 18.0 Å². The molecule has 2 atom stereocenters. The minimum atomic E-state index is -0.0213. The monoisotopic (exact) mass is 384 g/mol. The molecule has 1 saturated heterocycles. The van der Waals surface area contributed by atoms with E-state index in [1.807, 2.05) is 50.2 Å². The van der Waals surface area contributed by atoms with Gasteiger partial charge >= 0.3 is 0 Å². The van der Waals surface area contributed by atoms with Crippen molar-refractivity contribution in [2.24, 2.45) is 5.92 Å². The number of hydrogen-bond donors (Lipinski definition) is 2. The zero-order valence-corrected chi connectivity index (χ0v) is 16.4. The van der Waals surface area contributed by atoms with Crippen LogP contribution in [0.4, 0.5) is 5.95 Å². The molecule has 1 amide bonds. The molecule has 0 spiro atoms. The number of carbonyl (C=O) groups excluding carboxylic acids is 1. The molecule has 142 valence electrons. The molecule has 4 rings (SSSR count). The lowest BCUT2D eigenvalue weighted by atomic mass is 10.1. The van der Waals surface area contributed by atoms with Gasteiger partial charge < -0.3 is 19.9 Å². The lowest BCUT2D eigenvalue weighted by Gasteiger charge is -2.17. The van der Waals surface area contributed by atoms with Crippen LogP contribution in [0.25, 0.3) is 11.0 Å². The van der Waals surface area contributed by atoms with Crippen LogP contribution < -0.4 is 15.0 Å². The van der Waals surface area contributed by atoms with E-state index in [9.17, 15) is 4.79 Å². The Morgan fingerprint density at radius 1 is 1.41 bits per heavy atom. The van der Waals surface area contributed by atoms with E-state index in [2.05, 4.69) is 20.2 Å². The molecule has 1 aromatic carbocycles. The van der Waals surface area contributed by atoms with E-state index in [1.54, 1.807) is 11.3 Å². The second kappa shape index (κ2) is 7.60. The molecule has 0 unspecified atom stereocenters. The first-order chi connectivity index (χ1) is 13.1. The van der Waals surface area contributed by atoms with Crippen molar-refractivity contribution in [2.45, 2.75) is 26.3 Å². The molecule has 1 fully saturated rings. The number of thiophene rings is 1. The molecular weight excluding hydrogens is 360 g/mol. The molecule has 0 bridgehead atoms. The van der Waals surface area contributed by atoms with Gasteiger partial charge in [-0.25, -0.2) is 4.98 Å². The van der Waals surface area contributed by atoms with Crippen LogP contribution in [0.5, 0.6) is 5.06 Å². The number of aromatic nitrogens is 2. The predicted molar refractivity (Wildman–Crippen MR) is 108 cm³/mol. The van der Waals surface area contributed by atoms with E-state index in [1.165, 1.54) is 0 Å². The summed E-state index contributed by atoms with van der Waals surface area (Å²) in [5.74, 6) is 0.929. The zero-order valence-electron chi connectivity index (χ0n) is 15.6. The van der Waals surface area contributed by atoms with E-state index in [4.69, 9.17) is 4.74 Å². The maximum absolute atomic E-state index is 12.7. The van der Waals surface area contributed by atoms with Crippen LogP contribution >= 0.6 is 11.3 Å². The van der Waals surface area contributed by atoms with Gasteiger partial charge in [0.15, 0.2) is 5.06 Å². The summed E-state index contributed by atoms with van der Waals surface area (Å²) in [6, 6.07) is 12.0. The number of nitrogens with one attached hydrogen (secondary N) is 2. The summed E-state index contributed by atoms with van der Waals surface area (Å²) in [7, 11) is 0. The van der Waals surface area contributed by atoms with Crippen LogP contribution in [0.2, 0.25) is 0 Å². The van der Waals surface area contributed by atoms with Crippen molar-refractivity contribution in [1.82, 2.24) is 15.3 Å². The lowest BCUT2D eigenvalue weighted by molar-refractivity contribution is -0.125. The third-order valence-corrected chi connectivity index (χ3v) is 6.09. The summed E-state index contributed by atoms with van der Waals surface area (Å²) in [4.78, 5) is 24.0. The third kappa shape index (κ3) is 3.78. The SMILES string of the molecule is CCOc1ccc([C@@H](C)NC(=O)[C@@H]2CCN(c3nc4ccccc4[nH]3)C2)s1. The molecule has 0 saturated carbocycles. The smallest absolute Gasteiger partial charge is 0.225 e. The quantitative estimate of drug-likeness (QED) is 0.679. The van der Waals surface area contributed by atoms with Gasteiger partial charge in [-0.1, -0.05) is 12.1 Å². The summed E-state index contributed by atoms with van der Waals surface area (Å²) in [6.45, 7) is 6.16. The molecule has 7 heteroatoms. The van der Waals surface area contributed by atoms with Crippen LogP contribution in [-0.4, -0.2) is 35.6 Å². The topological polar surface area (TPSA) is 70.2 Å². The minimum Gasteiger partial charge on any atom is -0.484 e. The Balaban J connectivity index is 1.37. The number of fused-ring (bicyclic) bond motifs is 1. The Morgan fingerprint density at radius 3 is 3.07 bits per heavy atom. The van der Waals surface area contributed by atoms with E-state index in [-0.39, 0.29) is 17.9 Å². The molecule has 2 N–H and O–H groups in total. The van der Waals surface area contributed by atoms with Crippen molar-refractivity contribution < 1.29 is 9.53 Å². The number of amides is 1. The van der Waals surface area contributed by atoms with Crippen molar-refractivity contribution in [3.05, 3.63) is 41.3 Å². The number of nitrogens with zero attached hydrogens (tertiary/aromatic N) is 2. The fourth-order valence-corrected chi connectivity index (χ4v) is 4.36. The average molecular weight is 385 g/mol. The summed E-state index contributed by atoms with van der Waals surface area (Å²) in [6.07, 6.45) is 0.838. The van der Waals surface area contributed by atoms with E-state index < -0.39 is 0 Å². The number of hydrogen-bond acceptors (Lipinski definition) is 5. The Kier molecular flexibility index (Phi) is 5.03. The number of benzene rings is 1. The fourth-order valence-electron chi connectivity index (χ4n) is 3.45. The van der Waals surface area contributed by atoms with Crippen LogP contribution in [-0.2, 0) is 4.79 Å². The van der Waals surface area contributed by atoms with Gasteiger partial charge in [0.2, 0.25) is 11.9 Å². The molecule has 1 aliphatic rings. The normalized spacial score (nSPS) is 18.0. The molecule has 6 nitrogen and oxygen atoms in total. The molecule has 27 heavy (non-hydrogen) atoms. The maximum atomic E-state index is 12.7. The second-order valence-electron chi connectivity index (χ2n) is 6.83. The van der Waals surface area contributed by atoms with Gasteiger partial charge in [-0.3, -0.25) is 4.79 Å². The Bertz CT molecular complexity index is 902. The van der Waals surface area contributed by atoms with Gasteiger partial charge in [-0.15, -0.1) is 11.3 Å². The van der Waals surface area contributed by atoms with Gasteiger partial charge in [-0.2, -0.15) is 0 Å². The molecule has 1 aliphatic heterocycles. The van der Waals surface area contributed by atoms with Gasteiger partial charge in [0.25, 0.3) is 0 Å². The van der Waals surface area contributed by atoms with Gasteiger partial charge in [0.1, 0.15) is 0 Å². The first-order valence-corrected chi connectivity index (χ1v) is 10.2. The summed E-state index contributed by atoms with van der Waals surface area (Å²) < 4.78 is 5.52. The zero-order chi connectivity index (χ0) is 18.8. The third-order valence-electron chi connectivity index (χ3n) is 4.91. The van der Waals surface area contributed by atoms with Crippen LogP contribution in [0.1, 0.15) is 31.2 Å². The van der Waals surface area contributed by atoms with E-state index >= 15 is 0 Å². The predicted octanol–water partition coefficient (Wildman–Crippen LogP) is 3.73. The number of anilines is 1. The summed E-state index contributed by atoms with van der Waals surface area (Å²) >= 11 is 1.59.